The van der Waals surface area contributed by atoms with Gasteiger partial charge in [0.2, 0.25) is 5.91 Å². The first-order valence-electron chi connectivity index (χ1n) is 26.5. The molecule has 19 nitrogen and oxygen atoms in total. The van der Waals surface area contributed by atoms with E-state index < -0.39 is 124 Å². The first-order valence-corrected chi connectivity index (χ1v) is 26.5. The highest BCUT2D eigenvalue weighted by Gasteiger charge is 2.53. The fourth-order valence-corrected chi connectivity index (χ4v) is 8.67. The van der Waals surface area contributed by atoms with Crippen LogP contribution in [0.1, 0.15) is 136 Å². The molecule has 72 heavy (non-hydrogen) atoms. The van der Waals surface area contributed by atoms with Crippen LogP contribution >= 0.6 is 0 Å². The van der Waals surface area contributed by atoms with Gasteiger partial charge in [0.25, 0.3) is 0 Å². The summed E-state index contributed by atoms with van der Waals surface area (Å²) in [5.41, 5.74) is 0. The molecule has 3 aliphatic rings. The van der Waals surface area contributed by atoms with Gasteiger partial charge in [0.15, 0.2) is 18.9 Å². The summed E-state index contributed by atoms with van der Waals surface area (Å²) in [4.78, 5) is 13.2. The van der Waals surface area contributed by atoms with E-state index in [0.29, 0.717) is 12.8 Å². The summed E-state index contributed by atoms with van der Waals surface area (Å²) in [5, 5.41) is 120. The standard InChI is InChI=1S/C53H91NO18/c1-3-5-7-9-11-13-15-17-19-20-22-24-26-28-30-37(58)36(54-41(59)31-29-27-25-23-21-18-16-14-12-10-8-6-4-2)35-67-51-47(65)44(62)49(39(33-56)69-51)72-53-48(66)45(63)50(40(34-57)70-53)71-52-46(64)43(61)42(60)38(32-55)68-52/h6,8,12,14,18,21,25,27-28,30,36-40,42-53,55-58,60-66H,3-5,7,9-11,13,15-17,19-20,22-24,26,29,31-35H2,1-2H3,(H,54,59)/b8-6-,14-12-,21-18-,27-25-,30-28+. The zero-order chi connectivity index (χ0) is 52.7. The van der Waals surface area contributed by atoms with Crippen molar-refractivity contribution in [3.05, 3.63) is 60.8 Å². The summed E-state index contributed by atoms with van der Waals surface area (Å²) in [6, 6.07) is -1.01. The average Bonchev–Trinajstić information content (AvgIpc) is 3.37. The monoisotopic (exact) mass is 1030 g/mol. The molecular weight excluding hydrogens is 939 g/mol. The normalized spacial score (nSPS) is 32.5. The van der Waals surface area contributed by atoms with Crippen LogP contribution in [-0.4, -0.2) is 193 Å². The summed E-state index contributed by atoms with van der Waals surface area (Å²) >= 11 is 0. The molecule has 3 heterocycles. The number of nitrogens with one attached hydrogen (secondary N) is 1. The van der Waals surface area contributed by atoms with Crippen LogP contribution in [0.15, 0.2) is 60.8 Å². The lowest BCUT2D eigenvalue weighted by atomic mass is 9.96. The van der Waals surface area contributed by atoms with Crippen LogP contribution in [0.5, 0.6) is 0 Å². The summed E-state index contributed by atoms with van der Waals surface area (Å²) < 4.78 is 34.1. The topological polar surface area (TPSA) is 307 Å². The fourth-order valence-electron chi connectivity index (χ4n) is 8.67. The Kier molecular flexibility index (Phi) is 33.0. The Hall–Kier alpha value is -2.51. The molecule has 1 amide bonds. The second kappa shape index (κ2) is 37.3. The zero-order valence-corrected chi connectivity index (χ0v) is 42.6. The molecule has 3 fully saturated rings. The third kappa shape index (κ3) is 22.4. The third-order valence-corrected chi connectivity index (χ3v) is 13.1. The van der Waals surface area contributed by atoms with Crippen molar-refractivity contribution in [3.63, 3.8) is 0 Å². The van der Waals surface area contributed by atoms with Crippen LogP contribution < -0.4 is 5.32 Å². The average molecular weight is 1030 g/mol. The van der Waals surface area contributed by atoms with Crippen LogP contribution in [0.25, 0.3) is 0 Å². The number of hydrogen-bond donors (Lipinski definition) is 12. The van der Waals surface area contributed by atoms with Gasteiger partial charge >= 0.3 is 0 Å². The molecule has 0 aliphatic carbocycles. The van der Waals surface area contributed by atoms with Crippen molar-refractivity contribution < 1.29 is 89.4 Å². The fraction of sp³-hybridized carbons (Fsp3) is 0.792. The molecular formula is C53H91NO18. The minimum atomic E-state index is -1.98. The van der Waals surface area contributed by atoms with Crippen molar-refractivity contribution in [2.24, 2.45) is 0 Å². The largest absolute Gasteiger partial charge is 0.394 e. The summed E-state index contributed by atoms with van der Waals surface area (Å²) in [5.74, 6) is -0.360. The maximum atomic E-state index is 13.2. The van der Waals surface area contributed by atoms with Gasteiger partial charge < -0.3 is 89.9 Å². The van der Waals surface area contributed by atoms with Gasteiger partial charge in [-0.15, -0.1) is 0 Å². The molecule has 0 spiro atoms. The Morgan fingerprint density at radius 3 is 1.47 bits per heavy atom. The van der Waals surface area contributed by atoms with Crippen molar-refractivity contribution in [3.8, 4) is 0 Å². The van der Waals surface area contributed by atoms with E-state index in [1.165, 1.54) is 57.8 Å². The highest BCUT2D eigenvalue weighted by Crippen LogP contribution is 2.33. The van der Waals surface area contributed by atoms with Crippen LogP contribution in [0.2, 0.25) is 0 Å². The van der Waals surface area contributed by atoms with E-state index in [4.69, 9.17) is 28.4 Å². The predicted molar refractivity (Wildman–Crippen MR) is 268 cm³/mol. The van der Waals surface area contributed by atoms with Gasteiger partial charge in [0.05, 0.1) is 38.6 Å². The number of aliphatic hydroxyl groups excluding tert-OH is 11. The Labute approximate surface area is 426 Å². The van der Waals surface area contributed by atoms with Gasteiger partial charge in [-0.1, -0.05) is 145 Å². The Morgan fingerprint density at radius 1 is 0.514 bits per heavy atom. The number of hydrogen-bond acceptors (Lipinski definition) is 18. The number of amides is 1. The molecule has 416 valence electrons. The van der Waals surface area contributed by atoms with Gasteiger partial charge in [-0.05, 0) is 44.9 Å². The maximum Gasteiger partial charge on any atom is 0.220 e. The lowest BCUT2D eigenvalue weighted by Gasteiger charge is -2.48. The molecule has 0 saturated carbocycles. The summed E-state index contributed by atoms with van der Waals surface area (Å²) in [6.45, 7) is 1.50. The number of rotatable bonds is 36. The molecule has 3 saturated heterocycles. The van der Waals surface area contributed by atoms with Crippen molar-refractivity contribution >= 4 is 5.91 Å². The van der Waals surface area contributed by atoms with Crippen molar-refractivity contribution in [1.29, 1.82) is 0 Å². The van der Waals surface area contributed by atoms with Crippen LogP contribution in [0.3, 0.4) is 0 Å². The smallest absolute Gasteiger partial charge is 0.220 e. The number of ether oxygens (including phenoxy) is 6. The molecule has 19 heteroatoms. The molecule has 0 aromatic rings. The molecule has 3 rings (SSSR count). The van der Waals surface area contributed by atoms with E-state index in [9.17, 15) is 61.0 Å². The molecule has 0 aromatic heterocycles. The van der Waals surface area contributed by atoms with Gasteiger partial charge in [0.1, 0.15) is 73.2 Å². The third-order valence-electron chi connectivity index (χ3n) is 13.1. The van der Waals surface area contributed by atoms with Crippen LogP contribution in [0.4, 0.5) is 0 Å². The Bertz CT molecular complexity index is 1560. The highest BCUT2D eigenvalue weighted by molar-refractivity contribution is 5.76. The number of carbonyl (C=O) groups is 1. The van der Waals surface area contributed by atoms with Crippen molar-refractivity contribution in [2.45, 2.75) is 240 Å². The molecule has 12 N–H and O–H groups in total. The number of aliphatic hydroxyl groups is 11. The van der Waals surface area contributed by atoms with Gasteiger partial charge in [0, 0.05) is 6.42 Å². The number of carbonyl (C=O) groups excluding carboxylic acids is 1. The second-order valence-electron chi connectivity index (χ2n) is 19.0. The molecule has 17 unspecified atom stereocenters. The minimum absolute atomic E-state index is 0.119. The quantitative estimate of drug-likeness (QED) is 0.0317. The summed E-state index contributed by atoms with van der Waals surface area (Å²) in [6.07, 6.45) is 12.4. The lowest BCUT2D eigenvalue weighted by molar-refractivity contribution is -0.379. The minimum Gasteiger partial charge on any atom is -0.394 e. The van der Waals surface area contributed by atoms with E-state index >= 15 is 0 Å². The van der Waals surface area contributed by atoms with Crippen molar-refractivity contribution in [2.75, 3.05) is 26.4 Å². The predicted octanol–water partition coefficient (Wildman–Crippen LogP) is 2.53. The molecule has 17 atom stereocenters. The SMILES string of the molecule is CC/C=C\C/C=C\C/C=C\C/C=C\CCC(=O)NC(COC1OC(CO)C(OC2OC(CO)C(OC3OC(CO)C(O)C(O)C3O)C(O)C2O)C(O)C1O)C(O)/C=C/CCCCCCCCCCCCCC. The van der Waals surface area contributed by atoms with E-state index in [1.54, 1.807) is 6.08 Å². The number of allylic oxidation sites excluding steroid dienone is 9. The Morgan fingerprint density at radius 2 is 0.958 bits per heavy atom. The maximum absolute atomic E-state index is 13.2. The molecule has 0 bridgehead atoms. The highest BCUT2D eigenvalue weighted by atomic mass is 16.8. The van der Waals surface area contributed by atoms with Crippen molar-refractivity contribution in [1.82, 2.24) is 5.32 Å². The zero-order valence-electron chi connectivity index (χ0n) is 42.6. The van der Waals surface area contributed by atoms with E-state index in [0.717, 1.165) is 44.9 Å². The van der Waals surface area contributed by atoms with Crippen LogP contribution in [0, 0.1) is 0 Å². The first-order chi connectivity index (χ1) is 34.8. The van der Waals surface area contributed by atoms with Crippen LogP contribution in [-0.2, 0) is 33.2 Å². The molecule has 3 aliphatic heterocycles. The van der Waals surface area contributed by atoms with E-state index in [1.807, 2.05) is 18.2 Å². The van der Waals surface area contributed by atoms with Gasteiger partial charge in [-0.25, -0.2) is 0 Å². The Balaban J connectivity index is 1.58. The van der Waals surface area contributed by atoms with E-state index in [2.05, 4.69) is 55.6 Å². The van der Waals surface area contributed by atoms with Gasteiger partial charge in [-0.2, -0.15) is 0 Å². The number of unbranched alkanes of at least 4 members (excludes halogenated alkanes) is 12. The summed E-state index contributed by atoms with van der Waals surface area (Å²) in [7, 11) is 0. The lowest BCUT2D eigenvalue weighted by Crippen LogP contribution is -2.66. The molecule has 0 radical (unpaired) electrons. The van der Waals surface area contributed by atoms with E-state index in [-0.39, 0.29) is 18.9 Å². The second-order valence-corrected chi connectivity index (χ2v) is 19.0. The molecule has 0 aromatic carbocycles. The first kappa shape index (κ1) is 63.8. The van der Waals surface area contributed by atoms with Gasteiger partial charge in [-0.3, -0.25) is 4.79 Å².